The van der Waals surface area contributed by atoms with Crippen molar-refractivity contribution in [3.05, 3.63) is 41.0 Å². The molecule has 1 saturated heterocycles. The molecule has 12 heteroatoms. The number of alkyl halides is 3. The van der Waals surface area contributed by atoms with Gasteiger partial charge >= 0.3 is 13.3 Å². The molecule has 2 aromatic rings. The summed E-state index contributed by atoms with van der Waals surface area (Å²) < 4.78 is 51.1. The van der Waals surface area contributed by atoms with Crippen LogP contribution in [0, 0.1) is 24.2 Å². The quantitative estimate of drug-likeness (QED) is 0.560. The minimum Gasteiger partial charge on any atom is -0.532 e. The third kappa shape index (κ3) is 5.79. The Morgan fingerprint density at radius 1 is 1.29 bits per heavy atom. The predicted octanol–water partition coefficient (Wildman–Crippen LogP) is 4.34. The zero-order chi connectivity index (χ0) is 24.9. The van der Waals surface area contributed by atoms with Crippen LogP contribution >= 0.6 is 0 Å². The number of benzene rings is 1. The number of hydrogen-bond donors (Lipinski definition) is 3. The van der Waals surface area contributed by atoms with Crippen molar-refractivity contribution in [2.45, 2.75) is 39.4 Å². The summed E-state index contributed by atoms with van der Waals surface area (Å²) >= 11 is 0. The molecule has 4 rings (SSSR count). The first-order chi connectivity index (χ1) is 16.2. The zero-order valence-corrected chi connectivity index (χ0v) is 19.0. The molecule has 180 valence electrons. The molecule has 3 N–H and O–H groups in total. The molecule has 1 aromatic heterocycles. The average molecular weight is 475 g/mol. The molecular weight excluding hydrogens is 450 g/mol. The van der Waals surface area contributed by atoms with Gasteiger partial charge in [0.2, 0.25) is 5.95 Å². The van der Waals surface area contributed by atoms with E-state index >= 15 is 0 Å². The molecule has 1 aromatic carbocycles. The first kappa shape index (κ1) is 25.3. The van der Waals surface area contributed by atoms with Gasteiger partial charge in [-0.3, -0.25) is 0 Å². The van der Waals surface area contributed by atoms with E-state index in [1.165, 1.54) is 24.3 Å². The van der Waals surface area contributed by atoms with Gasteiger partial charge in [-0.2, -0.15) is 23.4 Å². The standard InChI is InChI=1S/C20H19BF3N5O3.C2H6/c1-11-9-26-19(29-18(11)28-16-10-31-5-3-13(16)8-25)27-14-6-12-2-4-21(30)32-17(12)15(7-14)20(22,23)24;1-2/h2,4,6-7,9,13,16,30H,3,5,10H2,1H3,(H2,26,27,28,29);1-2H3. The van der Waals surface area contributed by atoms with Crippen LogP contribution in [0.2, 0.25) is 0 Å². The molecule has 0 aliphatic carbocycles. The van der Waals surface area contributed by atoms with E-state index in [0.29, 0.717) is 31.0 Å². The van der Waals surface area contributed by atoms with Gasteiger partial charge in [-0.05, 0) is 31.5 Å². The Hall–Kier alpha value is -3.30. The molecule has 1 fully saturated rings. The Labute approximate surface area is 196 Å². The molecule has 2 aliphatic rings. The molecule has 0 spiro atoms. The topological polar surface area (TPSA) is 112 Å². The molecule has 2 aliphatic heterocycles. The molecule has 0 saturated carbocycles. The molecule has 0 radical (unpaired) electrons. The highest BCUT2D eigenvalue weighted by atomic mass is 19.4. The number of nitrogens with one attached hydrogen (secondary N) is 2. The Morgan fingerprint density at radius 3 is 2.76 bits per heavy atom. The van der Waals surface area contributed by atoms with E-state index in [-0.39, 0.29) is 29.2 Å². The highest BCUT2D eigenvalue weighted by Gasteiger charge is 2.38. The van der Waals surface area contributed by atoms with E-state index in [0.717, 1.165) is 6.07 Å². The van der Waals surface area contributed by atoms with Crippen molar-refractivity contribution >= 4 is 30.6 Å². The maximum absolute atomic E-state index is 13.6. The maximum Gasteiger partial charge on any atom is 0.552 e. The number of aromatic nitrogens is 2. The van der Waals surface area contributed by atoms with Crippen molar-refractivity contribution in [3.63, 3.8) is 0 Å². The lowest BCUT2D eigenvalue weighted by Gasteiger charge is -2.28. The van der Waals surface area contributed by atoms with Gasteiger partial charge < -0.3 is 25.0 Å². The molecule has 8 nitrogen and oxygen atoms in total. The van der Waals surface area contributed by atoms with E-state index in [4.69, 9.17) is 9.39 Å². The first-order valence-electron chi connectivity index (χ1n) is 10.9. The van der Waals surface area contributed by atoms with E-state index in [9.17, 15) is 23.5 Å². The molecule has 2 unspecified atom stereocenters. The number of nitrogens with zero attached hydrogens (tertiary/aromatic N) is 3. The lowest BCUT2D eigenvalue weighted by molar-refractivity contribution is -0.138. The van der Waals surface area contributed by atoms with Crippen LogP contribution < -0.4 is 15.3 Å². The van der Waals surface area contributed by atoms with Crippen molar-refractivity contribution < 1.29 is 27.6 Å². The van der Waals surface area contributed by atoms with Crippen LogP contribution in [0.1, 0.15) is 37.0 Å². The predicted molar refractivity (Wildman–Crippen MR) is 122 cm³/mol. The van der Waals surface area contributed by atoms with Gasteiger partial charge in [-0.1, -0.05) is 19.9 Å². The SMILES string of the molecule is CC.Cc1cnc(Nc2cc3c(c(C(F)(F)F)c2)OB(O)C=C3)nc1NC1COCCC1C#N. The van der Waals surface area contributed by atoms with Gasteiger partial charge in [-0.25, -0.2) is 4.98 Å². The molecule has 3 heterocycles. The van der Waals surface area contributed by atoms with Gasteiger partial charge in [0.1, 0.15) is 11.6 Å². The van der Waals surface area contributed by atoms with E-state index in [2.05, 4.69) is 26.7 Å². The number of nitriles is 1. The van der Waals surface area contributed by atoms with E-state index in [1.54, 1.807) is 6.92 Å². The maximum atomic E-state index is 13.6. The van der Waals surface area contributed by atoms with Crippen LogP contribution in [0.25, 0.3) is 6.08 Å². The van der Waals surface area contributed by atoms with E-state index in [1.807, 2.05) is 13.8 Å². The minimum atomic E-state index is -4.69. The highest BCUT2D eigenvalue weighted by molar-refractivity contribution is 6.51. The van der Waals surface area contributed by atoms with Crippen molar-refractivity contribution in [3.8, 4) is 11.8 Å². The summed E-state index contributed by atoms with van der Waals surface area (Å²) in [4.78, 5) is 8.53. The Morgan fingerprint density at radius 2 is 2.06 bits per heavy atom. The average Bonchev–Trinajstić information content (AvgIpc) is 2.82. The van der Waals surface area contributed by atoms with Crippen LogP contribution in [0.3, 0.4) is 0 Å². The second kappa shape index (κ2) is 10.8. The second-order valence-corrected chi connectivity index (χ2v) is 7.51. The van der Waals surface area contributed by atoms with E-state index < -0.39 is 24.6 Å². The number of aryl methyl sites for hydroxylation is 1. The van der Waals surface area contributed by atoms with Crippen molar-refractivity contribution in [1.29, 1.82) is 5.26 Å². The third-order valence-electron chi connectivity index (χ3n) is 5.17. The second-order valence-electron chi connectivity index (χ2n) is 7.51. The number of fused-ring (bicyclic) bond motifs is 1. The summed E-state index contributed by atoms with van der Waals surface area (Å²) in [6.07, 6.45) is -1.20. The van der Waals surface area contributed by atoms with Gasteiger partial charge in [0.05, 0.1) is 30.2 Å². The fourth-order valence-electron chi connectivity index (χ4n) is 3.52. The molecule has 0 bridgehead atoms. The smallest absolute Gasteiger partial charge is 0.532 e. The van der Waals surface area contributed by atoms with Crippen LogP contribution in [0.15, 0.2) is 24.3 Å². The van der Waals surface area contributed by atoms with Gasteiger partial charge in [0.25, 0.3) is 0 Å². The lowest BCUT2D eigenvalue weighted by Crippen LogP contribution is -2.38. The molecule has 34 heavy (non-hydrogen) atoms. The molecule has 2 atom stereocenters. The number of rotatable bonds is 4. The summed E-state index contributed by atoms with van der Waals surface area (Å²) in [5.41, 5.74) is -0.0483. The summed E-state index contributed by atoms with van der Waals surface area (Å²) in [5, 5.41) is 24.9. The monoisotopic (exact) mass is 475 g/mol. The normalized spacial score (nSPS) is 19.2. The Balaban J connectivity index is 0.00000158. The van der Waals surface area contributed by atoms with Crippen molar-refractivity contribution in [1.82, 2.24) is 9.97 Å². The minimum absolute atomic E-state index is 0.0807. The first-order valence-corrected chi connectivity index (χ1v) is 10.9. The van der Waals surface area contributed by atoms with Crippen molar-refractivity contribution in [2.75, 3.05) is 23.8 Å². The van der Waals surface area contributed by atoms with Gasteiger partial charge in [-0.15, -0.1) is 0 Å². The fraction of sp³-hybridized carbons (Fsp3) is 0.409. The van der Waals surface area contributed by atoms with Gasteiger partial charge in [0.15, 0.2) is 0 Å². The largest absolute Gasteiger partial charge is 0.552 e. The summed E-state index contributed by atoms with van der Waals surface area (Å²) in [6.45, 7) is 6.65. The molecular formula is C22H25BF3N5O3. The van der Waals surface area contributed by atoms with Crippen LogP contribution in [-0.2, 0) is 10.9 Å². The van der Waals surface area contributed by atoms with Gasteiger partial charge in [0, 0.05) is 29.6 Å². The number of ether oxygens (including phenoxy) is 1. The number of anilines is 3. The highest BCUT2D eigenvalue weighted by Crippen LogP contribution is 2.42. The van der Waals surface area contributed by atoms with Crippen LogP contribution in [0.5, 0.6) is 5.75 Å². The Kier molecular flexibility index (Phi) is 8.01. The summed E-state index contributed by atoms with van der Waals surface area (Å²) in [5.74, 6) is 1.10. The number of halogens is 3. The lowest BCUT2D eigenvalue weighted by atomic mass is 9.85. The summed E-state index contributed by atoms with van der Waals surface area (Å²) in [7, 11) is -1.45. The van der Waals surface area contributed by atoms with Crippen LogP contribution in [0.4, 0.5) is 30.6 Å². The third-order valence-corrected chi connectivity index (χ3v) is 5.17. The zero-order valence-electron chi connectivity index (χ0n) is 19.0. The fourth-order valence-corrected chi connectivity index (χ4v) is 3.52. The Bertz CT molecular complexity index is 1090. The summed E-state index contributed by atoms with van der Waals surface area (Å²) in [6, 6.07) is 4.32. The molecule has 0 amide bonds. The number of hydrogen-bond acceptors (Lipinski definition) is 8. The van der Waals surface area contributed by atoms with Crippen molar-refractivity contribution in [2.24, 2.45) is 5.92 Å². The van der Waals surface area contributed by atoms with Crippen LogP contribution in [-0.4, -0.2) is 41.4 Å².